The number of aliphatic hydroxyl groups excluding tert-OH is 1. The largest absolute Gasteiger partial charge is 0.506 e. The Balaban J connectivity index is 3.01. The number of nitrogens with two attached hydrogens (primary N) is 1. The first-order valence-electron chi connectivity index (χ1n) is 5.12. The average molecular weight is 260 g/mol. The van der Waals surface area contributed by atoms with Gasteiger partial charge in [-0.1, -0.05) is 6.92 Å². The molecular weight excluding hydrogens is 244 g/mol. The van der Waals surface area contributed by atoms with E-state index in [0.29, 0.717) is 6.42 Å². The summed E-state index contributed by atoms with van der Waals surface area (Å²) in [6.07, 6.45) is 0.475. The van der Waals surface area contributed by atoms with E-state index in [0.717, 1.165) is 0 Å². The second-order valence-electron chi connectivity index (χ2n) is 3.63. The molecule has 0 amide bonds. The lowest BCUT2D eigenvalue weighted by Gasteiger charge is -2.14. The van der Waals surface area contributed by atoms with Gasteiger partial charge < -0.3 is 15.9 Å². The number of rotatable bonds is 5. The SMILES string of the molecule is CCC(CO)NS(=O)(=O)c1ccc(O)c(N)c1. The van der Waals surface area contributed by atoms with E-state index in [4.69, 9.17) is 10.8 Å². The standard InChI is InChI=1S/C10H16N2O4S/c1-2-7(6-13)12-17(15,16)8-3-4-10(14)9(11)5-8/h3-5,7,12-14H,2,6,11H2,1H3. The van der Waals surface area contributed by atoms with Crippen LogP contribution in [-0.2, 0) is 10.0 Å². The maximum atomic E-state index is 11.9. The minimum absolute atomic E-state index is 0.00933. The van der Waals surface area contributed by atoms with Gasteiger partial charge in [0.15, 0.2) is 0 Å². The Kier molecular flexibility index (Phi) is 4.33. The zero-order chi connectivity index (χ0) is 13.1. The molecule has 0 fully saturated rings. The van der Waals surface area contributed by atoms with Gasteiger partial charge in [-0.05, 0) is 24.6 Å². The van der Waals surface area contributed by atoms with Gasteiger partial charge in [-0.2, -0.15) is 0 Å². The molecule has 0 aliphatic rings. The molecule has 1 atom stereocenters. The average Bonchev–Trinajstić information content (AvgIpc) is 2.29. The van der Waals surface area contributed by atoms with Crippen LogP contribution in [-0.4, -0.2) is 31.3 Å². The molecule has 7 heteroatoms. The summed E-state index contributed by atoms with van der Waals surface area (Å²) in [6.45, 7) is 1.48. The van der Waals surface area contributed by atoms with Gasteiger partial charge in [-0.3, -0.25) is 0 Å². The first kappa shape index (κ1) is 13.8. The first-order chi connectivity index (χ1) is 7.90. The van der Waals surface area contributed by atoms with Crippen molar-refractivity contribution in [2.75, 3.05) is 12.3 Å². The van der Waals surface area contributed by atoms with Crippen molar-refractivity contribution < 1.29 is 18.6 Å². The number of aliphatic hydroxyl groups is 1. The highest BCUT2D eigenvalue weighted by Crippen LogP contribution is 2.23. The van der Waals surface area contributed by atoms with Crippen LogP contribution in [0.2, 0.25) is 0 Å². The van der Waals surface area contributed by atoms with Crippen molar-refractivity contribution in [1.29, 1.82) is 0 Å². The number of phenolic OH excluding ortho intramolecular Hbond substituents is 1. The molecule has 0 heterocycles. The molecular formula is C10H16N2O4S. The van der Waals surface area contributed by atoms with Crippen LogP contribution in [0.1, 0.15) is 13.3 Å². The number of hydrogen-bond donors (Lipinski definition) is 4. The fraction of sp³-hybridized carbons (Fsp3) is 0.400. The minimum atomic E-state index is -3.72. The van der Waals surface area contributed by atoms with Crippen molar-refractivity contribution in [2.45, 2.75) is 24.3 Å². The van der Waals surface area contributed by atoms with E-state index in [1.165, 1.54) is 18.2 Å². The lowest BCUT2D eigenvalue weighted by Crippen LogP contribution is -2.36. The molecule has 1 aromatic rings. The number of aromatic hydroxyl groups is 1. The van der Waals surface area contributed by atoms with Crippen LogP contribution >= 0.6 is 0 Å². The molecule has 0 spiro atoms. The molecule has 0 aromatic heterocycles. The number of sulfonamides is 1. The zero-order valence-corrected chi connectivity index (χ0v) is 10.2. The van der Waals surface area contributed by atoms with Crippen LogP contribution in [0.5, 0.6) is 5.75 Å². The van der Waals surface area contributed by atoms with E-state index in [1.54, 1.807) is 6.92 Å². The lowest BCUT2D eigenvalue weighted by atomic mass is 10.3. The maximum absolute atomic E-state index is 11.9. The van der Waals surface area contributed by atoms with Crippen molar-refractivity contribution in [2.24, 2.45) is 0 Å². The van der Waals surface area contributed by atoms with Crippen LogP contribution < -0.4 is 10.5 Å². The Hall–Kier alpha value is -1.31. The minimum Gasteiger partial charge on any atom is -0.506 e. The monoisotopic (exact) mass is 260 g/mol. The number of nitrogens with one attached hydrogen (secondary N) is 1. The highest BCUT2D eigenvalue weighted by Gasteiger charge is 2.19. The third-order valence-electron chi connectivity index (χ3n) is 2.34. The van der Waals surface area contributed by atoms with Crippen LogP contribution in [0, 0.1) is 0 Å². The summed E-state index contributed by atoms with van der Waals surface area (Å²) in [4.78, 5) is -0.0419. The van der Waals surface area contributed by atoms with Gasteiger partial charge in [-0.25, -0.2) is 13.1 Å². The van der Waals surface area contributed by atoms with Crippen molar-refractivity contribution >= 4 is 15.7 Å². The molecule has 17 heavy (non-hydrogen) atoms. The summed E-state index contributed by atoms with van der Waals surface area (Å²) in [5.41, 5.74) is 5.41. The van der Waals surface area contributed by atoms with E-state index in [9.17, 15) is 13.5 Å². The van der Waals surface area contributed by atoms with Gasteiger partial charge in [0.1, 0.15) is 5.75 Å². The molecule has 0 aliphatic heterocycles. The van der Waals surface area contributed by atoms with Gasteiger partial charge in [0.05, 0.1) is 17.2 Å². The fourth-order valence-electron chi connectivity index (χ4n) is 1.24. The second-order valence-corrected chi connectivity index (χ2v) is 5.34. The van der Waals surface area contributed by atoms with Gasteiger partial charge in [0.2, 0.25) is 10.0 Å². The molecule has 1 aromatic carbocycles. The van der Waals surface area contributed by atoms with Crippen molar-refractivity contribution in [3.63, 3.8) is 0 Å². The number of hydrogen-bond acceptors (Lipinski definition) is 5. The predicted octanol–water partition coefficient (Wildman–Crippen LogP) is 0.0236. The molecule has 0 bridgehead atoms. The number of nitrogen functional groups attached to an aromatic ring is 1. The smallest absolute Gasteiger partial charge is 0.240 e. The third-order valence-corrected chi connectivity index (χ3v) is 3.86. The summed E-state index contributed by atoms with van der Waals surface area (Å²) in [5.74, 6) is -0.168. The van der Waals surface area contributed by atoms with E-state index >= 15 is 0 Å². The van der Waals surface area contributed by atoms with Gasteiger partial charge >= 0.3 is 0 Å². The molecule has 0 radical (unpaired) electrons. The number of benzene rings is 1. The van der Waals surface area contributed by atoms with Gasteiger partial charge in [0.25, 0.3) is 0 Å². The maximum Gasteiger partial charge on any atom is 0.240 e. The Morgan fingerprint density at radius 1 is 1.47 bits per heavy atom. The third kappa shape index (κ3) is 3.32. The topological polar surface area (TPSA) is 113 Å². The Morgan fingerprint density at radius 2 is 2.12 bits per heavy atom. The van der Waals surface area contributed by atoms with Crippen LogP contribution in [0.15, 0.2) is 23.1 Å². The highest BCUT2D eigenvalue weighted by molar-refractivity contribution is 7.89. The second kappa shape index (κ2) is 5.35. The van der Waals surface area contributed by atoms with Gasteiger partial charge in [-0.15, -0.1) is 0 Å². The van der Waals surface area contributed by atoms with Crippen LogP contribution in [0.3, 0.4) is 0 Å². The highest BCUT2D eigenvalue weighted by atomic mass is 32.2. The molecule has 96 valence electrons. The molecule has 1 unspecified atom stereocenters. The Morgan fingerprint density at radius 3 is 2.59 bits per heavy atom. The molecule has 5 N–H and O–H groups in total. The molecule has 0 saturated heterocycles. The summed E-state index contributed by atoms with van der Waals surface area (Å²) >= 11 is 0. The molecule has 0 saturated carbocycles. The quantitative estimate of drug-likeness (QED) is 0.440. The lowest BCUT2D eigenvalue weighted by molar-refractivity contribution is 0.254. The fourth-order valence-corrected chi connectivity index (χ4v) is 2.58. The summed E-state index contributed by atoms with van der Waals surface area (Å²) in [6, 6.07) is 3.10. The van der Waals surface area contributed by atoms with Crippen molar-refractivity contribution in [3.8, 4) is 5.75 Å². The van der Waals surface area contributed by atoms with E-state index < -0.39 is 16.1 Å². The van der Waals surface area contributed by atoms with Crippen molar-refractivity contribution in [3.05, 3.63) is 18.2 Å². The summed E-state index contributed by atoms with van der Waals surface area (Å²) < 4.78 is 26.1. The summed E-state index contributed by atoms with van der Waals surface area (Å²) in [5, 5.41) is 18.1. The Bertz CT molecular complexity index is 483. The first-order valence-corrected chi connectivity index (χ1v) is 6.60. The van der Waals surface area contributed by atoms with Crippen LogP contribution in [0.25, 0.3) is 0 Å². The van der Waals surface area contributed by atoms with E-state index in [1.807, 2.05) is 0 Å². The predicted molar refractivity (Wildman–Crippen MR) is 64.0 cm³/mol. The molecule has 0 aliphatic carbocycles. The van der Waals surface area contributed by atoms with Gasteiger partial charge in [0, 0.05) is 6.04 Å². The van der Waals surface area contributed by atoms with E-state index in [-0.39, 0.29) is 22.9 Å². The molecule has 1 rings (SSSR count). The normalized spacial score (nSPS) is 13.5. The summed E-state index contributed by atoms with van der Waals surface area (Å²) in [7, 11) is -3.72. The number of phenols is 1. The zero-order valence-electron chi connectivity index (χ0n) is 9.42. The Labute approximate surface area is 100 Å². The van der Waals surface area contributed by atoms with Crippen molar-refractivity contribution in [1.82, 2.24) is 4.72 Å². The van der Waals surface area contributed by atoms with E-state index in [2.05, 4.69) is 4.72 Å². The molecule has 6 nitrogen and oxygen atoms in total. The van der Waals surface area contributed by atoms with Crippen LogP contribution in [0.4, 0.5) is 5.69 Å². The number of anilines is 1.